The first-order chi connectivity index (χ1) is 5.83. The molecular weight excluding hydrogens is 168 g/mol. The van der Waals surface area contributed by atoms with Crippen molar-refractivity contribution in [3.63, 3.8) is 0 Å². The fourth-order valence-corrected chi connectivity index (χ4v) is 0.899. The van der Waals surface area contributed by atoms with Crippen LogP contribution in [0.2, 0.25) is 0 Å². The average molecular weight is 188 g/mol. The maximum atomic E-state index is 2.88. The zero-order valence-corrected chi connectivity index (χ0v) is 7.46. The number of benzene rings is 1. The van der Waals surface area contributed by atoms with Gasteiger partial charge in [0, 0.05) is 0 Å². The zero-order valence-electron chi connectivity index (χ0n) is 7.46. The van der Waals surface area contributed by atoms with Crippen LogP contribution in [0.25, 0.3) is 6.08 Å². The molecule has 0 aliphatic rings. The van der Waals surface area contributed by atoms with E-state index in [1.807, 2.05) is 19.1 Å². The van der Waals surface area contributed by atoms with Crippen molar-refractivity contribution in [1.29, 1.82) is 0 Å². The van der Waals surface area contributed by atoms with Crippen LogP contribution in [0.5, 0.6) is 0 Å². The standard InChI is InChI=1S/C12H12.2CH4/c1-3-4-5-6-12-9-7-11(2)8-10-12;;/h5-10H,1-2H3;2*1H4/b6-5-;;. The molecule has 76 valence electrons. The van der Waals surface area contributed by atoms with E-state index in [9.17, 15) is 0 Å². The summed E-state index contributed by atoms with van der Waals surface area (Å²) in [7, 11) is 0. The molecule has 1 aromatic rings. The molecule has 0 radical (unpaired) electrons. The molecule has 0 spiro atoms. The monoisotopic (exact) mass is 188 g/mol. The predicted molar refractivity (Wildman–Crippen MR) is 67.1 cm³/mol. The van der Waals surface area contributed by atoms with Crippen LogP contribution in [0, 0.1) is 18.8 Å². The Morgan fingerprint density at radius 1 is 1.07 bits per heavy atom. The van der Waals surface area contributed by atoms with E-state index in [1.165, 1.54) is 11.1 Å². The second-order valence-electron chi connectivity index (χ2n) is 2.64. The zero-order chi connectivity index (χ0) is 8.81. The molecule has 1 aromatic carbocycles. The molecule has 0 saturated heterocycles. The Morgan fingerprint density at radius 2 is 1.64 bits per heavy atom. The fraction of sp³-hybridized carbons (Fsp3) is 0.286. The van der Waals surface area contributed by atoms with E-state index < -0.39 is 0 Å². The quantitative estimate of drug-likeness (QED) is 0.576. The third-order valence-corrected chi connectivity index (χ3v) is 1.58. The maximum absolute atomic E-state index is 2.88. The predicted octanol–water partition coefficient (Wildman–Crippen LogP) is 4.30. The average Bonchev–Trinajstić information content (AvgIpc) is 2.09. The summed E-state index contributed by atoms with van der Waals surface area (Å²) in [5, 5.41) is 0. The van der Waals surface area contributed by atoms with Crippen molar-refractivity contribution in [2.45, 2.75) is 28.7 Å². The topological polar surface area (TPSA) is 0 Å². The smallest absolute Gasteiger partial charge is 0.00235 e. The molecule has 0 unspecified atom stereocenters. The van der Waals surface area contributed by atoms with Crippen molar-refractivity contribution >= 4 is 6.08 Å². The van der Waals surface area contributed by atoms with Gasteiger partial charge in [-0.1, -0.05) is 50.6 Å². The summed E-state index contributed by atoms with van der Waals surface area (Å²) in [5.74, 6) is 5.69. The van der Waals surface area contributed by atoms with Crippen LogP contribution in [0.3, 0.4) is 0 Å². The van der Waals surface area contributed by atoms with E-state index in [-0.39, 0.29) is 14.9 Å². The van der Waals surface area contributed by atoms with Gasteiger partial charge in [-0.25, -0.2) is 0 Å². The minimum atomic E-state index is 0. The van der Waals surface area contributed by atoms with Gasteiger partial charge in [0.05, 0.1) is 0 Å². The first kappa shape index (κ1) is 15.0. The SMILES string of the molecule is C.C.CC#C/C=C\c1ccc(C)cc1. The van der Waals surface area contributed by atoms with Crippen LogP contribution in [-0.4, -0.2) is 0 Å². The first-order valence-electron chi connectivity index (χ1n) is 3.98. The van der Waals surface area contributed by atoms with Crippen LogP contribution in [0.4, 0.5) is 0 Å². The lowest BCUT2D eigenvalue weighted by molar-refractivity contribution is 1.46. The molecule has 14 heavy (non-hydrogen) atoms. The van der Waals surface area contributed by atoms with Gasteiger partial charge in [-0.3, -0.25) is 0 Å². The lowest BCUT2D eigenvalue weighted by Gasteiger charge is -1.92. The minimum Gasteiger partial charge on any atom is -0.102 e. The Kier molecular flexibility index (Phi) is 8.72. The summed E-state index contributed by atoms with van der Waals surface area (Å²) in [6.07, 6.45) is 3.88. The molecule has 0 fully saturated rings. The first-order valence-corrected chi connectivity index (χ1v) is 3.98. The number of aryl methyl sites for hydroxylation is 1. The van der Waals surface area contributed by atoms with Gasteiger partial charge in [0.2, 0.25) is 0 Å². The Balaban J connectivity index is 0. The van der Waals surface area contributed by atoms with E-state index in [2.05, 4.69) is 43.0 Å². The molecule has 0 heterocycles. The Labute approximate surface area is 88.7 Å². The molecule has 0 aromatic heterocycles. The molecule has 0 aliphatic carbocycles. The third kappa shape index (κ3) is 5.22. The van der Waals surface area contributed by atoms with Crippen molar-refractivity contribution in [3.8, 4) is 11.8 Å². The van der Waals surface area contributed by atoms with Crippen LogP contribution in [0.1, 0.15) is 32.9 Å². The van der Waals surface area contributed by atoms with Crippen LogP contribution >= 0.6 is 0 Å². The van der Waals surface area contributed by atoms with Crippen molar-refractivity contribution < 1.29 is 0 Å². The number of hydrogen-bond donors (Lipinski definition) is 0. The number of hydrogen-bond acceptors (Lipinski definition) is 0. The maximum Gasteiger partial charge on any atom is -0.00235 e. The molecule has 0 bridgehead atoms. The summed E-state index contributed by atoms with van der Waals surface area (Å²) in [4.78, 5) is 0. The van der Waals surface area contributed by atoms with Gasteiger partial charge in [0.15, 0.2) is 0 Å². The Bertz CT molecular complexity index is 317. The van der Waals surface area contributed by atoms with Crippen molar-refractivity contribution in [2.24, 2.45) is 0 Å². The molecule has 1 rings (SSSR count). The highest BCUT2D eigenvalue weighted by Gasteiger charge is 1.83. The normalized spacial score (nSPS) is 8.14. The lowest BCUT2D eigenvalue weighted by Crippen LogP contribution is -1.72. The molecule has 0 atom stereocenters. The van der Waals surface area contributed by atoms with E-state index in [4.69, 9.17) is 0 Å². The fourth-order valence-electron chi connectivity index (χ4n) is 0.899. The van der Waals surface area contributed by atoms with Crippen molar-refractivity contribution in [1.82, 2.24) is 0 Å². The highest BCUT2D eigenvalue weighted by Crippen LogP contribution is 2.04. The second-order valence-corrected chi connectivity index (χ2v) is 2.64. The van der Waals surface area contributed by atoms with Gasteiger partial charge >= 0.3 is 0 Å². The van der Waals surface area contributed by atoms with Crippen LogP contribution in [0.15, 0.2) is 30.3 Å². The van der Waals surface area contributed by atoms with E-state index >= 15 is 0 Å². The summed E-state index contributed by atoms with van der Waals surface area (Å²) >= 11 is 0. The summed E-state index contributed by atoms with van der Waals surface area (Å²) in [6.45, 7) is 3.92. The number of rotatable bonds is 1. The molecule has 0 N–H and O–H groups in total. The summed E-state index contributed by atoms with van der Waals surface area (Å²) in [6, 6.07) is 8.37. The van der Waals surface area contributed by atoms with Gasteiger partial charge in [-0.15, -0.1) is 5.92 Å². The van der Waals surface area contributed by atoms with Crippen molar-refractivity contribution in [2.75, 3.05) is 0 Å². The number of allylic oxidation sites excluding steroid dienone is 1. The van der Waals surface area contributed by atoms with Crippen LogP contribution < -0.4 is 0 Å². The van der Waals surface area contributed by atoms with Gasteiger partial charge in [-0.05, 0) is 31.6 Å². The summed E-state index contributed by atoms with van der Waals surface area (Å²) in [5.41, 5.74) is 2.48. The van der Waals surface area contributed by atoms with E-state index in [0.29, 0.717) is 0 Å². The van der Waals surface area contributed by atoms with E-state index in [0.717, 1.165) is 0 Å². The van der Waals surface area contributed by atoms with Crippen LogP contribution in [-0.2, 0) is 0 Å². The minimum absolute atomic E-state index is 0. The van der Waals surface area contributed by atoms with Crippen molar-refractivity contribution in [3.05, 3.63) is 41.5 Å². The van der Waals surface area contributed by atoms with Gasteiger partial charge in [0.25, 0.3) is 0 Å². The lowest BCUT2D eigenvalue weighted by atomic mass is 10.1. The largest absolute Gasteiger partial charge is 0.102 e. The third-order valence-electron chi connectivity index (χ3n) is 1.58. The van der Waals surface area contributed by atoms with E-state index in [1.54, 1.807) is 0 Å². The highest BCUT2D eigenvalue weighted by molar-refractivity contribution is 5.52. The Hall–Kier alpha value is -1.48. The molecular formula is C14H20. The molecule has 0 amide bonds. The highest BCUT2D eigenvalue weighted by atomic mass is 13.9. The molecule has 0 heteroatoms. The van der Waals surface area contributed by atoms with Gasteiger partial charge < -0.3 is 0 Å². The van der Waals surface area contributed by atoms with Gasteiger partial charge in [0.1, 0.15) is 0 Å². The molecule has 0 saturated carbocycles. The molecule has 0 aliphatic heterocycles. The van der Waals surface area contributed by atoms with Gasteiger partial charge in [-0.2, -0.15) is 0 Å². The Morgan fingerprint density at radius 3 is 2.14 bits per heavy atom. The summed E-state index contributed by atoms with van der Waals surface area (Å²) < 4.78 is 0. The second kappa shape index (κ2) is 8.13. The molecule has 0 nitrogen and oxygen atoms in total.